The van der Waals surface area contributed by atoms with E-state index in [0.717, 1.165) is 10.6 Å². The Balaban J connectivity index is 1.44. The maximum absolute atomic E-state index is 12.8. The first-order valence-electron chi connectivity index (χ1n) is 10.4. The molecule has 1 aliphatic heterocycles. The number of ether oxygens (including phenoxy) is 2. The first-order chi connectivity index (χ1) is 15.1. The van der Waals surface area contributed by atoms with E-state index in [-0.39, 0.29) is 30.1 Å². The van der Waals surface area contributed by atoms with Crippen molar-refractivity contribution in [3.8, 4) is 5.75 Å². The van der Waals surface area contributed by atoms with Crippen LogP contribution >= 0.6 is 11.3 Å². The van der Waals surface area contributed by atoms with Gasteiger partial charge in [-0.25, -0.2) is 0 Å². The van der Waals surface area contributed by atoms with E-state index in [0.29, 0.717) is 39.0 Å². The zero-order valence-corrected chi connectivity index (χ0v) is 18.4. The van der Waals surface area contributed by atoms with Gasteiger partial charge in [0.1, 0.15) is 5.75 Å². The van der Waals surface area contributed by atoms with Crippen molar-refractivity contribution in [1.29, 1.82) is 0 Å². The number of methoxy groups -OCH3 is 1. The topological polar surface area (TPSA) is 84.9 Å². The summed E-state index contributed by atoms with van der Waals surface area (Å²) in [7, 11) is 1.34. The standard InChI is InChI=1S/C23H28N2O5S/c1-29-22(27)16-19(20-8-5-15-31-20)24-23(28)17-9-12-25(13-10-17)21(26)11-14-30-18-6-3-2-4-7-18/h2-8,15,17,19H,9-14,16H2,1H3,(H,24,28). The van der Waals surface area contributed by atoms with Gasteiger partial charge in [-0.05, 0) is 36.4 Å². The van der Waals surface area contributed by atoms with Gasteiger partial charge in [0.05, 0.1) is 32.6 Å². The smallest absolute Gasteiger partial charge is 0.307 e. The summed E-state index contributed by atoms with van der Waals surface area (Å²) in [5.74, 6) is 0.165. The SMILES string of the molecule is COC(=O)CC(NC(=O)C1CCN(C(=O)CCOc2ccccc2)CC1)c1cccs1. The predicted molar refractivity (Wildman–Crippen MR) is 118 cm³/mol. The Labute approximate surface area is 186 Å². The van der Waals surface area contributed by atoms with Crippen LogP contribution < -0.4 is 10.1 Å². The Morgan fingerprint density at radius 1 is 1.13 bits per heavy atom. The minimum absolute atomic E-state index is 0.0388. The molecule has 0 spiro atoms. The number of esters is 1. The van der Waals surface area contributed by atoms with Crippen molar-refractivity contribution in [3.63, 3.8) is 0 Å². The van der Waals surface area contributed by atoms with Crippen molar-refractivity contribution < 1.29 is 23.9 Å². The molecule has 2 heterocycles. The number of amides is 2. The molecule has 0 aliphatic carbocycles. The van der Waals surface area contributed by atoms with E-state index in [1.54, 1.807) is 4.90 Å². The molecule has 1 aliphatic rings. The summed E-state index contributed by atoms with van der Waals surface area (Å²) in [6.07, 6.45) is 1.62. The molecule has 31 heavy (non-hydrogen) atoms. The number of nitrogens with one attached hydrogen (secondary N) is 1. The minimum atomic E-state index is -0.394. The lowest BCUT2D eigenvalue weighted by atomic mass is 9.95. The number of hydrogen-bond acceptors (Lipinski definition) is 6. The van der Waals surface area contributed by atoms with Crippen molar-refractivity contribution in [2.45, 2.75) is 31.7 Å². The molecule has 1 saturated heterocycles. The molecule has 1 atom stereocenters. The van der Waals surface area contributed by atoms with Crippen LogP contribution in [0.3, 0.4) is 0 Å². The van der Waals surface area contributed by atoms with Gasteiger partial charge >= 0.3 is 5.97 Å². The summed E-state index contributed by atoms with van der Waals surface area (Å²) in [6, 6.07) is 12.8. The minimum Gasteiger partial charge on any atom is -0.493 e. The molecule has 1 unspecified atom stereocenters. The van der Waals surface area contributed by atoms with Crippen LogP contribution in [0.5, 0.6) is 5.75 Å². The summed E-state index contributed by atoms with van der Waals surface area (Å²) in [4.78, 5) is 39.7. The molecule has 7 nitrogen and oxygen atoms in total. The van der Waals surface area contributed by atoms with Crippen LogP contribution in [0.2, 0.25) is 0 Å². The van der Waals surface area contributed by atoms with Gasteiger partial charge in [-0.15, -0.1) is 11.3 Å². The second-order valence-electron chi connectivity index (χ2n) is 7.42. The molecular weight excluding hydrogens is 416 g/mol. The van der Waals surface area contributed by atoms with Crippen molar-refractivity contribution in [2.24, 2.45) is 5.92 Å². The van der Waals surface area contributed by atoms with Crippen molar-refractivity contribution >= 4 is 29.1 Å². The van der Waals surface area contributed by atoms with Gasteiger partial charge in [-0.2, -0.15) is 0 Å². The Kier molecular flexibility index (Phi) is 8.46. The molecule has 166 valence electrons. The average Bonchev–Trinajstić information content (AvgIpc) is 3.34. The molecular formula is C23H28N2O5S. The number of rotatable bonds is 9. The summed E-state index contributed by atoms with van der Waals surface area (Å²) < 4.78 is 10.4. The average molecular weight is 445 g/mol. The Morgan fingerprint density at radius 3 is 2.52 bits per heavy atom. The number of benzene rings is 1. The zero-order valence-electron chi connectivity index (χ0n) is 17.6. The second kappa shape index (κ2) is 11.5. The lowest BCUT2D eigenvalue weighted by Gasteiger charge is -2.32. The number of likely N-dealkylation sites (tertiary alicyclic amines) is 1. The fourth-order valence-corrected chi connectivity index (χ4v) is 4.35. The first kappa shape index (κ1) is 22.8. The third-order valence-corrected chi connectivity index (χ3v) is 6.33. The van der Waals surface area contributed by atoms with E-state index < -0.39 is 6.04 Å². The van der Waals surface area contributed by atoms with Crippen molar-refractivity contribution in [2.75, 3.05) is 26.8 Å². The number of carbonyl (C=O) groups excluding carboxylic acids is 3. The van der Waals surface area contributed by atoms with Crippen LogP contribution in [0.15, 0.2) is 47.8 Å². The maximum Gasteiger partial charge on any atom is 0.307 e. The third-order valence-electron chi connectivity index (χ3n) is 5.35. The van der Waals surface area contributed by atoms with E-state index in [9.17, 15) is 14.4 Å². The fraction of sp³-hybridized carbons (Fsp3) is 0.435. The van der Waals surface area contributed by atoms with Gasteiger partial charge in [0.2, 0.25) is 11.8 Å². The van der Waals surface area contributed by atoms with E-state index in [1.165, 1.54) is 18.4 Å². The third kappa shape index (κ3) is 6.82. The predicted octanol–water partition coefficient (Wildman–Crippen LogP) is 3.18. The van der Waals surface area contributed by atoms with E-state index in [1.807, 2.05) is 47.8 Å². The molecule has 0 bridgehead atoms. The monoisotopic (exact) mass is 444 g/mol. The summed E-state index contributed by atoms with van der Waals surface area (Å²) in [5, 5.41) is 4.91. The van der Waals surface area contributed by atoms with Crippen LogP contribution in [-0.4, -0.2) is 49.5 Å². The number of piperidine rings is 1. The van der Waals surface area contributed by atoms with Crippen molar-refractivity contribution in [1.82, 2.24) is 10.2 Å². The summed E-state index contributed by atoms with van der Waals surface area (Å²) in [5.41, 5.74) is 0. The second-order valence-corrected chi connectivity index (χ2v) is 8.40. The highest BCUT2D eigenvalue weighted by Crippen LogP contribution is 2.25. The highest BCUT2D eigenvalue weighted by molar-refractivity contribution is 7.10. The molecule has 0 saturated carbocycles. The van der Waals surface area contributed by atoms with Crippen LogP contribution in [-0.2, 0) is 19.1 Å². The highest BCUT2D eigenvalue weighted by atomic mass is 32.1. The molecule has 2 aromatic rings. The lowest BCUT2D eigenvalue weighted by molar-refractivity contribution is -0.142. The van der Waals surface area contributed by atoms with E-state index >= 15 is 0 Å². The van der Waals surface area contributed by atoms with Gasteiger partial charge in [0.25, 0.3) is 0 Å². The highest BCUT2D eigenvalue weighted by Gasteiger charge is 2.29. The van der Waals surface area contributed by atoms with Crippen molar-refractivity contribution in [3.05, 3.63) is 52.7 Å². The number of thiophene rings is 1. The quantitative estimate of drug-likeness (QED) is 0.601. The molecule has 1 aromatic carbocycles. The molecule has 2 amide bonds. The van der Waals surface area contributed by atoms with E-state index in [2.05, 4.69) is 5.32 Å². The fourth-order valence-electron chi connectivity index (χ4n) is 3.57. The van der Waals surface area contributed by atoms with Crippen LogP contribution in [0.25, 0.3) is 0 Å². The summed E-state index contributed by atoms with van der Waals surface area (Å²) in [6.45, 7) is 1.42. The van der Waals surface area contributed by atoms with E-state index in [4.69, 9.17) is 9.47 Å². The number of para-hydroxylation sites is 1. The number of nitrogens with zero attached hydrogens (tertiary/aromatic N) is 1. The van der Waals surface area contributed by atoms with Gasteiger partial charge in [0, 0.05) is 23.9 Å². The number of hydrogen-bond donors (Lipinski definition) is 1. The van der Waals surface area contributed by atoms with Gasteiger partial charge in [-0.1, -0.05) is 24.3 Å². The Hall–Kier alpha value is -2.87. The molecule has 1 aromatic heterocycles. The molecule has 3 rings (SSSR count). The zero-order chi connectivity index (χ0) is 22.1. The molecule has 0 radical (unpaired) electrons. The normalized spacial score (nSPS) is 15.2. The maximum atomic E-state index is 12.8. The molecule has 1 N–H and O–H groups in total. The van der Waals surface area contributed by atoms with Gasteiger partial charge in [-0.3, -0.25) is 14.4 Å². The number of carbonyl (C=O) groups is 3. The molecule has 1 fully saturated rings. The lowest BCUT2D eigenvalue weighted by Crippen LogP contribution is -2.44. The largest absolute Gasteiger partial charge is 0.493 e. The van der Waals surface area contributed by atoms with Gasteiger partial charge < -0.3 is 19.7 Å². The molecule has 8 heteroatoms. The summed E-state index contributed by atoms with van der Waals surface area (Å²) >= 11 is 1.50. The van der Waals surface area contributed by atoms with Gasteiger partial charge in [0.15, 0.2) is 0 Å². The van der Waals surface area contributed by atoms with Crippen LogP contribution in [0.1, 0.15) is 36.6 Å². The Morgan fingerprint density at radius 2 is 1.87 bits per heavy atom. The van der Waals surface area contributed by atoms with Crippen LogP contribution in [0, 0.1) is 5.92 Å². The first-order valence-corrected chi connectivity index (χ1v) is 11.3. The Bertz CT molecular complexity index is 848. The van der Waals surface area contributed by atoms with Crippen LogP contribution in [0.4, 0.5) is 0 Å².